The summed E-state index contributed by atoms with van der Waals surface area (Å²) in [5.74, 6) is -3.26. The number of rotatable bonds is 7. The minimum atomic E-state index is -4.52. The van der Waals surface area contributed by atoms with Crippen LogP contribution in [0.15, 0.2) is 70.4 Å². The number of carbonyl (C=O) groups is 3. The molecule has 0 spiro atoms. The Kier molecular flexibility index (Phi) is 9.05. The van der Waals surface area contributed by atoms with Crippen molar-refractivity contribution in [2.45, 2.75) is 38.5 Å². The maximum atomic E-state index is 13.5. The van der Waals surface area contributed by atoms with Gasteiger partial charge in [-0.05, 0) is 19.4 Å². The lowest BCUT2D eigenvalue weighted by Crippen LogP contribution is -2.51. The fourth-order valence-electron chi connectivity index (χ4n) is 4.44. The number of nitrogens with one attached hydrogen (secondary N) is 1. The second-order valence-electron chi connectivity index (χ2n) is 9.41. The second kappa shape index (κ2) is 12.7. The first kappa shape index (κ1) is 29.3. The molecule has 216 valence electrons. The molecule has 2 unspecified atom stereocenters. The van der Waals surface area contributed by atoms with E-state index in [1.54, 1.807) is 54.8 Å². The number of halogens is 3. The van der Waals surface area contributed by atoms with Crippen molar-refractivity contribution < 1.29 is 36.8 Å². The van der Waals surface area contributed by atoms with Crippen molar-refractivity contribution in [3.8, 4) is 5.75 Å². The quantitative estimate of drug-likeness (QED) is 0.445. The summed E-state index contributed by atoms with van der Waals surface area (Å²) < 4.78 is 48.5. The van der Waals surface area contributed by atoms with E-state index in [4.69, 9.17) is 10.5 Å². The van der Waals surface area contributed by atoms with Crippen LogP contribution in [0.25, 0.3) is 0 Å². The van der Waals surface area contributed by atoms with Gasteiger partial charge in [-0.1, -0.05) is 47.6 Å². The van der Waals surface area contributed by atoms with Crippen LogP contribution in [0.5, 0.6) is 5.75 Å². The average Bonchev–Trinajstić information content (AvgIpc) is 3.39. The molecule has 3 aromatic rings. The Hall–Kier alpha value is -4.68. The number of carbonyl (C=O) groups excluding carboxylic acids is 3. The third-order valence-electron chi connectivity index (χ3n) is 6.34. The lowest BCUT2D eigenvalue weighted by Gasteiger charge is -2.31. The molecule has 1 aromatic heterocycles. The summed E-state index contributed by atoms with van der Waals surface area (Å²) in [4.78, 5) is 43.9. The standard InChI is InChI=1S/C24H23F3N4O4.C4H5NO/c25-24(26,27)10-9-15(13-18(28)32)22(33)30-21-23(34)31-11-12-35-17-8-4-7-16(20(17)31)19(29-21)14-5-2-1-3-6-14;1-4-2-3-6-5-4/h1-8,15,21H,9-13H2,(H2,28,32)(H,30,33);2-3H,1H3. The molecule has 0 saturated heterocycles. The Labute approximate surface area is 233 Å². The van der Waals surface area contributed by atoms with Gasteiger partial charge in [-0.15, -0.1) is 0 Å². The maximum absolute atomic E-state index is 13.5. The minimum Gasteiger partial charge on any atom is -0.490 e. The van der Waals surface area contributed by atoms with E-state index in [2.05, 4.69) is 20.0 Å². The third kappa shape index (κ3) is 7.50. The summed E-state index contributed by atoms with van der Waals surface area (Å²) >= 11 is 0. The normalized spacial score (nSPS) is 16.7. The monoisotopic (exact) mass is 571 g/mol. The molecule has 2 aliphatic heterocycles. The summed E-state index contributed by atoms with van der Waals surface area (Å²) in [5, 5.41) is 6.00. The molecule has 3 heterocycles. The lowest BCUT2D eigenvalue weighted by atomic mass is 9.97. The average molecular weight is 572 g/mol. The summed E-state index contributed by atoms with van der Waals surface area (Å²) in [6.45, 7) is 2.30. The van der Waals surface area contributed by atoms with Crippen LogP contribution in [0.2, 0.25) is 0 Å². The van der Waals surface area contributed by atoms with E-state index >= 15 is 0 Å². The number of alkyl halides is 3. The largest absolute Gasteiger partial charge is 0.490 e. The van der Waals surface area contributed by atoms with Crippen molar-refractivity contribution in [3.63, 3.8) is 0 Å². The predicted molar refractivity (Wildman–Crippen MR) is 142 cm³/mol. The van der Waals surface area contributed by atoms with E-state index in [9.17, 15) is 27.6 Å². The molecule has 3 N–H and O–H groups in total. The number of aliphatic imine (C=N–C) groups is 1. The zero-order valence-corrected chi connectivity index (χ0v) is 22.1. The molecule has 2 aliphatic rings. The number of primary amides is 1. The summed E-state index contributed by atoms with van der Waals surface area (Å²) in [6, 6.07) is 16.1. The van der Waals surface area contributed by atoms with Crippen LogP contribution in [0, 0.1) is 12.8 Å². The first-order valence-corrected chi connectivity index (χ1v) is 12.8. The van der Waals surface area contributed by atoms with Gasteiger partial charge in [-0.2, -0.15) is 13.2 Å². The zero-order valence-electron chi connectivity index (χ0n) is 22.1. The van der Waals surface area contributed by atoms with Crippen molar-refractivity contribution in [2.24, 2.45) is 16.6 Å². The van der Waals surface area contributed by atoms with E-state index in [0.29, 0.717) is 28.3 Å². The molecule has 3 amide bonds. The molecule has 2 aromatic carbocycles. The molecule has 0 fully saturated rings. The number of aryl methyl sites for hydroxylation is 1. The predicted octanol–water partition coefficient (Wildman–Crippen LogP) is 3.52. The Morgan fingerprint density at radius 1 is 1.15 bits per heavy atom. The highest BCUT2D eigenvalue weighted by atomic mass is 19.4. The summed E-state index contributed by atoms with van der Waals surface area (Å²) in [6.07, 6.45) is -6.88. The molecular formula is C28H28F3N5O5. The molecule has 13 heteroatoms. The molecule has 0 aliphatic carbocycles. The van der Waals surface area contributed by atoms with Crippen molar-refractivity contribution >= 4 is 29.1 Å². The van der Waals surface area contributed by atoms with Gasteiger partial charge in [0.25, 0.3) is 5.91 Å². The van der Waals surface area contributed by atoms with E-state index in [0.717, 1.165) is 5.69 Å². The first-order chi connectivity index (χ1) is 19.5. The van der Waals surface area contributed by atoms with Gasteiger partial charge in [0.2, 0.25) is 18.0 Å². The SMILES string of the molecule is Cc1ccon1.NC(=O)CC(CCC(F)(F)F)C(=O)NC1N=C(c2ccccc2)c2cccc3c2N(CCO3)C1=O. The number of nitrogens with two attached hydrogens (primary N) is 1. The minimum absolute atomic E-state index is 0.200. The molecule has 2 atom stereocenters. The van der Waals surface area contributed by atoms with Crippen molar-refractivity contribution in [1.29, 1.82) is 0 Å². The smallest absolute Gasteiger partial charge is 0.389 e. The van der Waals surface area contributed by atoms with Gasteiger partial charge in [0, 0.05) is 36.0 Å². The molecule has 0 saturated carbocycles. The number of benzene rings is 2. The Balaban J connectivity index is 0.000000572. The second-order valence-corrected chi connectivity index (χ2v) is 9.41. The number of aromatic nitrogens is 1. The van der Waals surface area contributed by atoms with Gasteiger partial charge < -0.3 is 25.2 Å². The molecule has 0 bridgehead atoms. The maximum Gasteiger partial charge on any atom is 0.389 e. The van der Waals surface area contributed by atoms with Crippen LogP contribution < -0.4 is 20.7 Å². The molecule has 0 radical (unpaired) electrons. The molecule has 10 nitrogen and oxygen atoms in total. The van der Waals surface area contributed by atoms with Crippen molar-refractivity contribution in [1.82, 2.24) is 10.5 Å². The van der Waals surface area contributed by atoms with Crippen LogP contribution in [-0.4, -0.2) is 54.1 Å². The van der Waals surface area contributed by atoms with E-state index in [1.807, 2.05) is 13.0 Å². The highest BCUT2D eigenvalue weighted by Gasteiger charge is 2.38. The topological polar surface area (TPSA) is 140 Å². The number of hydrogen-bond donors (Lipinski definition) is 2. The van der Waals surface area contributed by atoms with Crippen LogP contribution >= 0.6 is 0 Å². The van der Waals surface area contributed by atoms with Gasteiger partial charge in [0.15, 0.2) is 0 Å². The highest BCUT2D eigenvalue weighted by Crippen LogP contribution is 2.38. The fraction of sp³-hybridized carbons (Fsp3) is 0.321. The fourth-order valence-corrected chi connectivity index (χ4v) is 4.44. The van der Waals surface area contributed by atoms with Gasteiger partial charge in [0.1, 0.15) is 18.6 Å². The Bertz CT molecular complexity index is 1410. The summed E-state index contributed by atoms with van der Waals surface area (Å²) in [5.41, 5.74) is 8.30. The van der Waals surface area contributed by atoms with Crippen LogP contribution in [0.3, 0.4) is 0 Å². The number of para-hydroxylation sites is 1. The van der Waals surface area contributed by atoms with E-state index in [-0.39, 0.29) is 13.2 Å². The number of ether oxygens (including phenoxy) is 1. The van der Waals surface area contributed by atoms with Gasteiger partial charge in [-0.25, -0.2) is 4.99 Å². The van der Waals surface area contributed by atoms with Gasteiger partial charge >= 0.3 is 6.18 Å². The van der Waals surface area contributed by atoms with Crippen LogP contribution in [0.1, 0.15) is 36.1 Å². The van der Waals surface area contributed by atoms with E-state index in [1.165, 1.54) is 4.90 Å². The molecule has 41 heavy (non-hydrogen) atoms. The molecular weight excluding hydrogens is 543 g/mol. The number of hydrogen-bond acceptors (Lipinski definition) is 7. The van der Waals surface area contributed by atoms with Crippen LogP contribution in [0.4, 0.5) is 18.9 Å². The number of amides is 3. The third-order valence-corrected chi connectivity index (χ3v) is 6.34. The number of anilines is 1. The molecule has 5 rings (SSSR count). The summed E-state index contributed by atoms with van der Waals surface area (Å²) in [7, 11) is 0. The Morgan fingerprint density at radius 2 is 1.90 bits per heavy atom. The van der Waals surface area contributed by atoms with Gasteiger partial charge in [0.05, 0.1) is 23.6 Å². The first-order valence-electron chi connectivity index (χ1n) is 12.8. The van der Waals surface area contributed by atoms with E-state index < -0.39 is 55.2 Å². The van der Waals surface area contributed by atoms with Crippen molar-refractivity contribution in [2.75, 3.05) is 18.1 Å². The Morgan fingerprint density at radius 3 is 2.51 bits per heavy atom. The number of nitrogens with zero attached hydrogens (tertiary/aromatic N) is 3. The van der Waals surface area contributed by atoms with Gasteiger partial charge in [-0.3, -0.25) is 14.4 Å². The van der Waals surface area contributed by atoms with Crippen LogP contribution in [-0.2, 0) is 14.4 Å². The van der Waals surface area contributed by atoms with Crippen molar-refractivity contribution in [3.05, 3.63) is 77.7 Å². The lowest BCUT2D eigenvalue weighted by molar-refractivity contribution is -0.143. The zero-order chi connectivity index (χ0) is 29.6. The highest BCUT2D eigenvalue weighted by molar-refractivity contribution is 6.21.